The zero-order chi connectivity index (χ0) is 13.7. The van der Waals surface area contributed by atoms with E-state index in [1.54, 1.807) is 13.4 Å². The molecule has 19 heavy (non-hydrogen) atoms. The van der Waals surface area contributed by atoms with Crippen LogP contribution in [-0.4, -0.2) is 40.9 Å². The van der Waals surface area contributed by atoms with Gasteiger partial charge in [0.2, 0.25) is 0 Å². The number of anilines is 1. The van der Waals surface area contributed by atoms with Crippen molar-refractivity contribution in [2.75, 3.05) is 25.6 Å². The van der Waals surface area contributed by atoms with E-state index in [9.17, 15) is 5.11 Å². The number of aryl methyl sites for hydroxylation is 1. The van der Waals surface area contributed by atoms with Crippen molar-refractivity contribution in [1.29, 1.82) is 0 Å². The van der Waals surface area contributed by atoms with Crippen LogP contribution in [0.2, 0.25) is 0 Å². The molecule has 5 nitrogen and oxygen atoms in total. The van der Waals surface area contributed by atoms with Crippen molar-refractivity contribution in [3.05, 3.63) is 17.6 Å². The van der Waals surface area contributed by atoms with Crippen molar-refractivity contribution >= 4 is 5.82 Å². The van der Waals surface area contributed by atoms with Gasteiger partial charge in [0.05, 0.1) is 5.60 Å². The van der Waals surface area contributed by atoms with Gasteiger partial charge in [-0.15, -0.1) is 0 Å². The minimum atomic E-state index is -0.789. The Morgan fingerprint density at radius 2 is 2.16 bits per heavy atom. The lowest BCUT2D eigenvalue weighted by molar-refractivity contribution is 0.0357. The number of nitrogens with one attached hydrogen (secondary N) is 1. The van der Waals surface area contributed by atoms with E-state index in [0.29, 0.717) is 19.6 Å². The van der Waals surface area contributed by atoms with Crippen LogP contribution in [0.1, 0.15) is 37.4 Å². The van der Waals surface area contributed by atoms with E-state index in [-0.39, 0.29) is 0 Å². The van der Waals surface area contributed by atoms with Crippen molar-refractivity contribution in [1.82, 2.24) is 9.97 Å². The Balaban J connectivity index is 1.99. The average molecular weight is 265 g/mol. The number of methoxy groups -OCH3 is 1. The predicted octanol–water partition coefficient (Wildman–Crippen LogP) is 1.55. The van der Waals surface area contributed by atoms with Gasteiger partial charge in [-0.2, -0.15) is 0 Å². The van der Waals surface area contributed by atoms with Crippen LogP contribution in [0, 0.1) is 0 Å². The van der Waals surface area contributed by atoms with Crippen LogP contribution in [0.25, 0.3) is 0 Å². The first kappa shape index (κ1) is 14.2. The summed E-state index contributed by atoms with van der Waals surface area (Å²) in [5.74, 6) is 0.877. The van der Waals surface area contributed by atoms with E-state index >= 15 is 0 Å². The van der Waals surface area contributed by atoms with E-state index in [1.807, 2.05) is 6.92 Å². The zero-order valence-corrected chi connectivity index (χ0v) is 11.8. The summed E-state index contributed by atoms with van der Waals surface area (Å²) in [4.78, 5) is 8.65. The molecule has 2 N–H and O–H groups in total. The fraction of sp³-hybridized carbons (Fsp3) is 0.714. The highest BCUT2D eigenvalue weighted by molar-refractivity contribution is 5.47. The summed E-state index contributed by atoms with van der Waals surface area (Å²) >= 11 is 0. The van der Waals surface area contributed by atoms with Gasteiger partial charge in [0, 0.05) is 37.9 Å². The summed E-state index contributed by atoms with van der Waals surface area (Å²) < 4.78 is 5.01. The van der Waals surface area contributed by atoms with Gasteiger partial charge in [0.15, 0.2) is 0 Å². The molecule has 2 rings (SSSR count). The number of aliphatic hydroxyl groups is 1. The molecule has 0 saturated heterocycles. The highest BCUT2D eigenvalue weighted by Gasteiger charge is 2.22. The molecular formula is C14H23N3O2. The van der Waals surface area contributed by atoms with Crippen molar-refractivity contribution in [3.8, 4) is 0 Å². The second-order valence-corrected chi connectivity index (χ2v) is 5.45. The molecule has 106 valence electrons. The van der Waals surface area contributed by atoms with Gasteiger partial charge in [-0.25, -0.2) is 9.97 Å². The molecule has 5 heteroatoms. The van der Waals surface area contributed by atoms with Gasteiger partial charge in [-0.3, -0.25) is 0 Å². The Morgan fingerprint density at radius 3 is 2.95 bits per heavy atom. The summed E-state index contributed by atoms with van der Waals surface area (Å²) in [7, 11) is 1.64. The molecular weight excluding hydrogens is 242 g/mol. The number of fused-ring (bicyclic) bond motifs is 1. The molecule has 0 fully saturated rings. The minimum Gasteiger partial charge on any atom is -0.388 e. The van der Waals surface area contributed by atoms with Crippen molar-refractivity contribution in [2.24, 2.45) is 0 Å². The molecule has 1 heterocycles. The fourth-order valence-electron chi connectivity index (χ4n) is 2.36. The lowest BCUT2D eigenvalue weighted by atomic mass is 9.96. The van der Waals surface area contributed by atoms with Gasteiger partial charge in [-0.1, -0.05) is 0 Å². The Morgan fingerprint density at radius 1 is 1.37 bits per heavy atom. The maximum absolute atomic E-state index is 10.2. The van der Waals surface area contributed by atoms with E-state index in [1.165, 1.54) is 18.4 Å². The predicted molar refractivity (Wildman–Crippen MR) is 74.3 cm³/mol. The van der Waals surface area contributed by atoms with Gasteiger partial charge in [0.1, 0.15) is 12.1 Å². The number of hydrogen-bond acceptors (Lipinski definition) is 5. The number of ether oxygens (including phenoxy) is 1. The standard InChI is InChI=1S/C14H23N3O2/c1-14(18,7-8-19-2)9-15-13-11-5-3-4-6-12(11)16-10-17-13/h10,18H,3-9H2,1-2H3,(H,15,16,17). The highest BCUT2D eigenvalue weighted by atomic mass is 16.5. The lowest BCUT2D eigenvalue weighted by Crippen LogP contribution is -2.35. The average Bonchev–Trinajstić information content (AvgIpc) is 2.43. The molecule has 0 aromatic carbocycles. The Bertz CT molecular complexity index is 421. The van der Waals surface area contributed by atoms with Gasteiger partial charge >= 0.3 is 0 Å². The van der Waals surface area contributed by atoms with E-state index in [0.717, 1.165) is 24.4 Å². The molecule has 0 aliphatic heterocycles. The van der Waals surface area contributed by atoms with Crippen LogP contribution >= 0.6 is 0 Å². The smallest absolute Gasteiger partial charge is 0.132 e. The van der Waals surface area contributed by atoms with Crippen molar-refractivity contribution in [3.63, 3.8) is 0 Å². The first-order valence-corrected chi connectivity index (χ1v) is 6.90. The van der Waals surface area contributed by atoms with Crippen molar-refractivity contribution < 1.29 is 9.84 Å². The third kappa shape index (κ3) is 3.88. The number of nitrogens with zero attached hydrogens (tertiary/aromatic N) is 2. The summed E-state index contributed by atoms with van der Waals surface area (Å²) in [6.45, 7) is 2.84. The van der Waals surface area contributed by atoms with Crippen LogP contribution in [-0.2, 0) is 17.6 Å². The van der Waals surface area contributed by atoms with Crippen LogP contribution in [0.15, 0.2) is 6.33 Å². The fourth-order valence-corrected chi connectivity index (χ4v) is 2.36. The first-order valence-electron chi connectivity index (χ1n) is 6.90. The Labute approximate surface area is 114 Å². The SMILES string of the molecule is COCCC(C)(O)CNc1ncnc2c1CCCC2. The number of aromatic nitrogens is 2. The molecule has 1 aliphatic rings. The molecule has 0 radical (unpaired) electrons. The molecule has 1 aromatic heterocycles. The molecule has 0 saturated carbocycles. The highest BCUT2D eigenvalue weighted by Crippen LogP contribution is 2.24. The number of hydrogen-bond donors (Lipinski definition) is 2. The van der Waals surface area contributed by atoms with Gasteiger partial charge in [-0.05, 0) is 32.6 Å². The molecule has 1 atom stereocenters. The molecule has 0 spiro atoms. The van der Waals surface area contributed by atoms with Gasteiger partial charge in [0.25, 0.3) is 0 Å². The Kier molecular flexibility index (Phi) is 4.71. The normalized spacial score (nSPS) is 17.6. The molecule has 0 bridgehead atoms. The third-order valence-corrected chi connectivity index (χ3v) is 3.61. The largest absolute Gasteiger partial charge is 0.388 e. The minimum absolute atomic E-state index is 0.472. The van der Waals surface area contributed by atoms with E-state index in [2.05, 4.69) is 15.3 Å². The van der Waals surface area contributed by atoms with Crippen LogP contribution in [0.5, 0.6) is 0 Å². The summed E-state index contributed by atoms with van der Waals surface area (Å²) in [5, 5.41) is 13.5. The first-order chi connectivity index (χ1) is 9.12. The maximum atomic E-state index is 10.2. The summed E-state index contributed by atoms with van der Waals surface area (Å²) in [6, 6.07) is 0. The molecule has 1 aliphatic carbocycles. The maximum Gasteiger partial charge on any atom is 0.132 e. The second kappa shape index (κ2) is 6.30. The van der Waals surface area contributed by atoms with Crippen LogP contribution < -0.4 is 5.32 Å². The third-order valence-electron chi connectivity index (χ3n) is 3.61. The molecule has 1 aromatic rings. The second-order valence-electron chi connectivity index (χ2n) is 5.45. The summed E-state index contributed by atoms with van der Waals surface area (Å²) in [6.07, 6.45) is 6.66. The molecule has 1 unspecified atom stereocenters. The van der Waals surface area contributed by atoms with Crippen LogP contribution in [0.4, 0.5) is 5.82 Å². The monoisotopic (exact) mass is 265 g/mol. The Hall–Kier alpha value is -1.20. The van der Waals surface area contributed by atoms with Crippen molar-refractivity contribution in [2.45, 2.75) is 44.6 Å². The topological polar surface area (TPSA) is 67.3 Å². The van der Waals surface area contributed by atoms with E-state index in [4.69, 9.17) is 4.74 Å². The van der Waals surface area contributed by atoms with E-state index < -0.39 is 5.60 Å². The van der Waals surface area contributed by atoms with Gasteiger partial charge < -0.3 is 15.2 Å². The number of rotatable bonds is 6. The quantitative estimate of drug-likeness (QED) is 0.817. The summed E-state index contributed by atoms with van der Waals surface area (Å²) in [5.41, 5.74) is 1.58. The zero-order valence-electron chi connectivity index (χ0n) is 11.8. The lowest BCUT2D eigenvalue weighted by Gasteiger charge is -2.25. The van der Waals surface area contributed by atoms with Crippen LogP contribution in [0.3, 0.4) is 0 Å². The molecule has 0 amide bonds.